The van der Waals surface area contributed by atoms with Gasteiger partial charge < -0.3 is 14.8 Å². The van der Waals surface area contributed by atoms with Gasteiger partial charge in [0.15, 0.2) is 0 Å². The average molecular weight is 265 g/mol. The Balaban J connectivity index is 1.97. The largest absolute Gasteiger partial charge is 0.478 e. The van der Waals surface area contributed by atoms with Crippen LogP contribution in [0.1, 0.15) is 34.1 Å². The number of rotatable bonds is 6. The molecule has 2 atom stereocenters. The maximum atomic E-state index is 5.72. The molecule has 19 heavy (non-hydrogen) atoms. The predicted octanol–water partition coefficient (Wildman–Crippen LogP) is 2.49. The van der Waals surface area contributed by atoms with Crippen LogP contribution in [0.3, 0.4) is 0 Å². The second kappa shape index (κ2) is 5.74. The summed E-state index contributed by atoms with van der Waals surface area (Å²) in [6.45, 7) is 9.76. The van der Waals surface area contributed by atoms with Gasteiger partial charge >= 0.3 is 0 Å². The lowest BCUT2D eigenvalue weighted by Gasteiger charge is -2.51. The van der Waals surface area contributed by atoms with E-state index in [0.29, 0.717) is 30.6 Å². The SMILES string of the molecule is CCOc1ccnc(NC2CC(OCC)C2(C)C)n1. The molecule has 0 amide bonds. The van der Waals surface area contributed by atoms with E-state index >= 15 is 0 Å². The number of nitrogens with one attached hydrogen (secondary N) is 1. The first-order chi connectivity index (χ1) is 9.07. The molecule has 5 nitrogen and oxygen atoms in total. The third-order valence-electron chi connectivity index (χ3n) is 3.77. The van der Waals surface area contributed by atoms with Crippen LogP contribution in [-0.4, -0.2) is 35.3 Å². The molecule has 2 rings (SSSR count). The van der Waals surface area contributed by atoms with E-state index in [4.69, 9.17) is 9.47 Å². The Bertz CT molecular complexity index is 423. The first-order valence-electron chi connectivity index (χ1n) is 6.91. The fourth-order valence-corrected chi connectivity index (χ4v) is 2.41. The third-order valence-corrected chi connectivity index (χ3v) is 3.77. The van der Waals surface area contributed by atoms with E-state index in [1.54, 1.807) is 12.3 Å². The van der Waals surface area contributed by atoms with Gasteiger partial charge in [0.25, 0.3) is 0 Å². The molecule has 5 heteroatoms. The molecule has 1 fully saturated rings. The highest BCUT2D eigenvalue weighted by atomic mass is 16.5. The van der Waals surface area contributed by atoms with Gasteiger partial charge in [-0.2, -0.15) is 4.98 Å². The van der Waals surface area contributed by atoms with Crippen LogP contribution in [0.25, 0.3) is 0 Å². The lowest BCUT2D eigenvalue weighted by Crippen LogP contribution is -2.58. The molecule has 2 unspecified atom stereocenters. The van der Waals surface area contributed by atoms with Gasteiger partial charge in [0, 0.05) is 30.3 Å². The minimum atomic E-state index is 0.0982. The zero-order valence-electron chi connectivity index (χ0n) is 12.1. The van der Waals surface area contributed by atoms with Gasteiger partial charge in [-0.25, -0.2) is 4.98 Å². The van der Waals surface area contributed by atoms with E-state index in [0.717, 1.165) is 13.0 Å². The Morgan fingerprint density at radius 1 is 1.37 bits per heavy atom. The minimum Gasteiger partial charge on any atom is -0.478 e. The summed E-state index contributed by atoms with van der Waals surface area (Å²) in [4.78, 5) is 8.57. The molecule has 1 N–H and O–H groups in total. The molecular weight excluding hydrogens is 242 g/mol. The van der Waals surface area contributed by atoms with Crippen molar-refractivity contribution >= 4 is 5.95 Å². The molecule has 0 saturated heterocycles. The maximum Gasteiger partial charge on any atom is 0.226 e. The van der Waals surface area contributed by atoms with E-state index in [1.807, 2.05) is 13.8 Å². The lowest BCUT2D eigenvalue weighted by atomic mass is 9.64. The van der Waals surface area contributed by atoms with Crippen LogP contribution in [0, 0.1) is 5.41 Å². The van der Waals surface area contributed by atoms with Crippen LogP contribution < -0.4 is 10.1 Å². The fourth-order valence-electron chi connectivity index (χ4n) is 2.41. The van der Waals surface area contributed by atoms with Gasteiger partial charge in [0.05, 0.1) is 12.7 Å². The number of aromatic nitrogens is 2. The van der Waals surface area contributed by atoms with Crippen molar-refractivity contribution in [3.63, 3.8) is 0 Å². The van der Waals surface area contributed by atoms with E-state index in [-0.39, 0.29) is 5.41 Å². The summed E-state index contributed by atoms with van der Waals surface area (Å²) in [7, 11) is 0. The van der Waals surface area contributed by atoms with Crippen LogP contribution in [0.4, 0.5) is 5.95 Å². The Labute approximate surface area is 114 Å². The summed E-state index contributed by atoms with van der Waals surface area (Å²) in [5.74, 6) is 1.23. The molecule has 1 saturated carbocycles. The number of hydrogen-bond donors (Lipinski definition) is 1. The molecule has 1 heterocycles. The molecule has 0 aromatic carbocycles. The first kappa shape index (κ1) is 14.1. The summed E-state index contributed by atoms with van der Waals surface area (Å²) < 4.78 is 11.1. The van der Waals surface area contributed by atoms with Crippen molar-refractivity contribution in [2.45, 2.75) is 46.3 Å². The van der Waals surface area contributed by atoms with E-state index in [1.165, 1.54) is 0 Å². The van der Waals surface area contributed by atoms with Crippen LogP contribution in [0.2, 0.25) is 0 Å². The van der Waals surface area contributed by atoms with Gasteiger partial charge in [0.1, 0.15) is 0 Å². The first-order valence-corrected chi connectivity index (χ1v) is 6.91. The van der Waals surface area contributed by atoms with Crippen molar-refractivity contribution in [2.75, 3.05) is 18.5 Å². The molecule has 0 bridgehead atoms. The van der Waals surface area contributed by atoms with Crippen molar-refractivity contribution in [3.8, 4) is 5.88 Å². The lowest BCUT2D eigenvalue weighted by molar-refractivity contribution is -0.0977. The highest BCUT2D eigenvalue weighted by Gasteiger charge is 2.49. The average Bonchev–Trinajstić information content (AvgIpc) is 2.38. The third kappa shape index (κ3) is 2.97. The normalized spacial score (nSPS) is 24.6. The van der Waals surface area contributed by atoms with Crippen LogP contribution in [0.15, 0.2) is 12.3 Å². The Kier molecular flexibility index (Phi) is 4.24. The summed E-state index contributed by atoms with van der Waals surface area (Å²) in [5, 5.41) is 3.37. The summed E-state index contributed by atoms with van der Waals surface area (Å²) >= 11 is 0. The van der Waals surface area contributed by atoms with E-state index in [9.17, 15) is 0 Å². The molecule has 1 aliphatic carbocycles. The van der Waals surface area contributed by atoms with Gasteiger partial charge in [-0.15, -0.1) is 0 Å². The second-order valence-corrected chi connectivity index (χ2v) is 5.35. The Hall–Kier alpha value is -1.36. The van der Waals surface area contributed by atoms with Crippen molar-refractivity contribution in [3.05, 3.63) is 12.3 Å². The molecule has 1 aromatic heterocycles. The maximum absolute atomic E-state index is 5.72. The molecular formula is C14H23N3O2. The number of hydrogen-bond acceptors (Lipinski definition) is 5. The molecule has 106 valence electrons. The van der Waals surface area contributed by atoms with Crippen LogP contribution in [0.5, 0.6) is 5.88 Å². The topological polar surface area (TPSA) is 56.3 Å². The smallest absolute Gasteiger partial charge is 0.226 e. The quantitative estimate of drug-likeness (QED) is 0.856. The zero-order valence-corrected chi connectivity index (χ0v) is 12.1. The van der Waals surface area contributed by atoms with Gasteiger partial charge in [-0.05, 0) is 20.3 Å². The van der Waals surface area contributed by atoms with Crippen LogP contribution >= 0.6 is 0 Å². The second-order valence-electron chi connectivity index (χ2n) is 5.35. The Morgan fingerprint density at radius 3 is 2.79 bits per heavy atom. The monoisotopic (exact) mass is 265 g/mol. The summed E-state index contributed by atoms with van der Waals surface area (Å²) in [5.41, 5.74) is 0.0982. The van der Waals surface area contributed by atoms with E-state index in [2.05, 4.69) is 29.1 Å². The number of ether oxygens (including phenoxy) is 2. The highest BCUT2D eigenvalue weighted by Crippen LogP contribution is 2.44. The number of anilines is 1. The minimum absolute atomic E-state index is 0.0982. The molecule has 0 aliphatic heterocycles. The predicted molar refractivity (Wildman–Crippen MR) is 74.4 cm³/mol. The molecule has 0 spiro atoms. The summed E-state index contributed by atoms with van der Waals surface area (Å²) in [6, 6.07) is 2.10. The van der Waals surface area contributed by atoms with Gasteiger partial charge in [-0.1, -0.05) is 13.8 Å². The fraction of sp³-hybridized carbons (Fsp3) is 0.714. The van der Waals surface area contributed by atoms with Gasteiger partial charge in [-0.3, -0.25) is 0 Å². The zero-order chi connectivity index (χ0) is 13.9. The standard InChI is InChI=1S/C14H23N3O2/c1-5-18-11-9-10(14(11,3)4)16-13-15-8-7-12(17-13)19-6-2/h7-8,10-11H,5-6,9H2,1-4H3,(H,15,16,17). The molecule has 0 radical (unpaired) electrons. The number of nitrogens with zero attached hydrogens (tertiary/aromatic N) is 2. The highest BCUT2D eigenvalue weighted by molar-refractivity contribution is 5.32. The van der Waals surface area contributed by atoms with Gasteiger partial charge in [0.2, 0.25) is 11.8 Å². The molecule has 1 aliphatic rings. The van der Waals surface area contributed by atoms with E-state index < -0.39 is 0 Å². The van der Waals surface area contributed by atoms with Crippen LogP contribution in [-0.2, 0) is 4.74 Å². The summed E-state index contributed by atoms with van der Waals surface area (Å²) in [6.07, 6.45) is 3.01. The van der Waals surface area contributed by atoms with Crippen molar-refractivity contribution in [1.82, 2.24) is 9.97 Å². The van der Waals surface area contributed by atoms with Crippen molar-refractivity contribution < 1.29 is 9.47 Å². The van der Waals surface area contributed by atoms with Crippen molar-refractivity contribution in [1.29, 1.82) is 0 Å². The molecule has 1 aromatic rings. The Morgan fingerprint density at radius 2 is 2.16 bits per heavy atom. The van der Waals surface area contributed by atoms with Crippen molar-refractivity contribution in [2.24, 2.45) is 5.41 Å².